The third kappa shape index (κ3) is 6.20. The average Bonchev–Trinajstić information content (AvgIpc) is 4.42. The molecule has 0 fully saturated rings. The van der Waals surface area contributed by atoms with E-state index in [0.29, 0.717) is 17.5 Å². The maximum Gasteiger partial charge on any atom is 0.166 e. The van der Waals surface area contributed by atoms with Gasteiger partial charge in [0, 0.05) is 82.5 Å². The largest absolute Gasteiger partial charge is 0.309 e. The van der Waals surface area contributed by atoms with Crippen molar-refractivity contribution in [1.82, 2.24) is 33.2 Å². The summed E-state index contributed by atoms with van der Waals surface area (Å²) in [4.78, 5) is 16.0. The molecule has 0 unspecified atom stereocenters. The number of rotatable bonds is 7. The zero-order valence-corrected chi connectivity index (χ0v) is 41.0. The van der Waals surface area contributed by atoms with Crippen LogP contribution in [0.1, 0.15) is 0 Å². The van der Waals surface area contributed by atoms with Gasteiger partial charge >= 0.3 is 0 Å². The standard InChI is InChI=1S/C69H43N7/c1-6-22-44(23-7-1)67-70-68(45-24-8-2-9-25-45)72-69(71-67)56-43-55-50-32-16-19-35-57(50)76(65(55)63-53-34-18-21-37-59(53)74(66(56)63)47-28-12-4-13-29-47)49-38-40-60-54(42-49)51-39-41-61-62(64(51)75(60)48-30-14-5-15-31-48)52-33-17-20-36-58(52)73(61)46-26-10-3-11-27-46/h1-43H. The molecule has 0 N–H and O–H groups in total. The van der Waals surface area contributed by atoms with Gasteiger partial charge in [0.05, 0.1) is 44.1 Å². The van der Waals surface area contributed by atoms with Gasteiger partial charge in [-0.05, 0) is 84.9 Å². The van der Waals surface area contributed by atoms with Crippen molar-refractivity contribution < 1.29 is 0 Å². The summed E-state index contributed by atoms with van der Waals surface area (Å²) >= 11 is 0. The lowest BCUT2D eigenvalue weighted by Crippen LogP contribution is -2.02. The number of hydrogen-bond acceptors (Lipinski definition) is 3. The van der Waals surface area contributed by atoms with E-state index in [0.717, 1.165) is 88.6 Å². The van der Waals surface area contributed by atoms with Gasteiger partial charge in [-0.25, -0.2) is 15.0 Å². The van der Waals surface area contributed by atoms with Crippen LogP contribution in [0.2, 0.25) is 0 Å². The molecular formula is C69H43N7. The van der Waals surface area contributed by atoms with Crippen LogP contribution in [0.4, 0.5) is 0 Å². The minimum atomic E-state index is 0.603. The molecule has 0 bridgehead atoms. The van der Waals surface area contributed by atoms with E-state index in [2.05, 4.69) is 243 Å². The number of aromatic nitrogens is 7. The fourth-order valence-corrected chi connectivity index (χ4v) is 12.2. The lowest BCUT2D eigenvalue weighted by molar-refractivity contribution is 1.07. The molecule has 0 amide bonds. The molecule has 0 spiro atoms. The third-order valence-electron chi connectivity index (χ3n) is 15.4. The summed E-state index contributed by atoms with van der Waals surface area (Å²) in [6, 6.07) is 93.3. The Kier molecular flexibility index (Phi) is 9.20. The van der Waals surface area contributed by atoms with Crippen LogP contribution in [-0.2, 0) is 0 Å². The molecule has 7 heteroatoms. The Hall–Kier alpha value is -10.4. The van der Waals surface area contributed by atoms with Gasteiger partial charge < -0.3 is 18.3 Å². The van der Waals surface area contributed by atoms with E-state index in [9.17, 15) is 0 Å². The van der Waals surface area contributed by atoms with Gasteiger partial charge in [-0.15, -0.1) is 0 Å². The van der Waals surface area contributed by atoms with Crippen LogP contribution in [0.3, 0.4) is 0 Å². The maximum absolute atomic E-state index is 5.41. The molecule has 76 heavy (non-hydrogen) atoms. The normalized spacial score (nSPS) is 11.9. The molecule has 0 aliphatic heterocycles. The fourth-order valence-electron chi connectivity index (χ4n) is 12.2. The summed E-state index contributed by atoms with van der Waals surface area (Å²) in [5, 5.41) is 9.31. The molecule has 0 aliphatic carbocycles. The van der Waals surface area contributed by atoms with Crippen LogP contribution in [0.15, 0.2) is 261 Å². The Balaban J connectivity index is 1.04. The molecule has 0 radical (unpaired) electrons. The lowest BCUT2D eigenvalue weighted by Gasteiger charge is -2.15. The van der Waals surface area contributed by atoms with Gasteiger partial charge in [-0.2, -0.15) is 0 Å². The quantitative estimate of drug-likeness (QED) is 0.160. The van der Waals surface area contributed by atoms with Crippen molar-refractivity contribution in [2.75, 3.05) is 0 Å². The molecule has 7 nitrogen and oxygen atoms in total. The first-order valence-electron chi connectivity index (χ1n) is 25.8. The van der Waals surface area contributed by atoms with Crippen molar-refractivity contribution >= 4 is 87.2 Å². The second-order valence-corrected chi connectivity index (χ2v) is 19.5. The van der Waals surface area contributed by atoms with E-state index in [4.69, 9.17) is 15.0 Å². The van der Waals surface area contributed by atoms with Crippen molar-refractivity contribution in [3.8, 4) is 56.9 Å². The van der Waals surface area contributed by atoms with Crippen molar-refractivity contribution in [2.24, 2.45) is 0 Å². The molecule has 16 aromatic rings. The first-order chi connectivity index (χ1) is 37.7. The summed E-state index contributed by atoms with van der Waals surface area (Å²) in [6.45, 7) is 0. The topological polar surface area (TPSA) is 58.4 Å². The lowest BCUT2D eigenvalue weighted by atomic mass is 10.0. The Morgan fingerprint density at radius 2 is 0.632 bits per heavy atom. The van der Waals surface area contributed by atoms with Gasteiger partial charge in [0.25, 0.3) is 0 Å². The van der Waals surface area contributed by atoms with E-state index in [1.54, 1.807) is 0 Å². The minimum Gasteiger partial charge on any atom is -0.309 e. The summed E-state index contributed by atoms with van der Waals surface area (Å²) in [7, 11) is 0. The zero-order valence-electron chi connectivity index (χ0n) is 41.0. The second kappa shape index (κ2) is 16.6. The molecule has 0 saturated heterocycles. The predicted octanol–water partition coefficient (Wildman–Crippen LogP) is 17.3. The summed E-state index contributed by atoms with van der Waals surface area (Å²) in [6.07, 6.45) is 0. The van der Waals surface area contributed by atoms with Crippen LogP contribution in [0.5, 0.6) is 0 Å². The van der Waals surface area contributed by atoms with E-state index >= 15 is 0 Å². The highest BCUT2D eigenvalue weighted by molar-refractivity contribution is 6.30. The smallest absolute Gasteiger partial charge is 0.166 e. The highest BCUT2D eigenvalue weighted by Gasteiger charge is 2.28. The van der Waals surface area contributed by atoms with Crippen molar-refractivity contribution in [2.45, 2.75) is 0 Å². The van der Waals surface area contributed by atoms with Gasteiger partial charge in [0.15, 0.2) is 17.5 Å². The summed E-state index contributed by atoms with van der Waals surface area (Å²) < 4.78 is 9.80. The van der Waals surface area contributed by atoms with Crippen molar-refractivity contribution in [1.29, 1.82) is 0 Å². The Bertz CT molecular complexity index is 4900. The first-order valence-corrected chi connectivity index (χ1v) is 25.8. The van der Waals surface area contributed by atoms with E-state index in [1.165, 1.54) is 38.1 Å². The number of nitrogens with zero attached hydrogens (tertiary/aromatic N) is 7. The van der Waals surface area contributed by atoms with Crippen molar-refractivity contribution in [3.63, 3.8) is 0 Å². The average molecular weight is 970 g/mol. The molecule has 5 aromatic heterocycles. The van der Waals surface area contributed by atoms with Crippen molar-refractivity contribution in [3.05, 3.63) is 261 Å². The van der Waals surface area contributed by atoms with Crippen LogP contribution in [0, 0.1) is 0 Å². The third-order valence-corrected chi connectivity index (χ3v) is 15.4. The van der Waals surface area contributed by atoms with Crippen LogP contribution in [0.25, 0.3) is 144 Å². The minimum absolute atomic E-state index is 0.603. The molecule has 16 rings (SSSR count). The SMILES string of the molecule is c1ccc(-c2nc(-c3ccccc3)nc(-c3cc4c5ccccc5n(-c5ccc6c(c5)c5ccc7c(c8ccccc8n7-c7ccccc7)c5n6-c5ccccc5)c4c4c5ccccc5n(-c5ccccc5)c34)n2)cc1. The molecule has 354 valence electrons. The van der Waals surface area contributed by atoms with Crippen LogP contribution < -0.4 is 0 Å². The second-order valence-electron chi connectivity index (χ2n) is 19.5. The first kappa shape index (κ1) is 42.2. The molecule has 5 heterocycles. The fraction of sp³-hybridized carbons (Fsp3) is 0. The maximum atomic E-state index is 5.41. The molecule has 0 saturated carbocycles. The van der Waals surface area contributed by atoms with Gasteiger partial charge in [-0.3, -0.25) is 0 Å². The van der Waals surface area contributed by atoms with E-state index < -0.39 is 0 Å². The number of para-hydroxylation sites is 6. The molecule has 11 aromatic carbocycles. The van der Waals surface area contributed by atoms with E-state index in [1.807, 2.05) is 36.4 Å². The van der Waals surface area contributed by atoms with Gasteiger partial charge in [-0.1, -0.05) is 176 Å². The summed E-state index contributed by atoms with van der Waals surface area (Å²) in [5.74, 6) is 1.84. The molecule has 0 atom stereocenters. The molecular weight excluding hydrogens is 927 g/mol. The highest BCUT2D eigenvalue weighted by Crippen LogP contribution is 2.48. The van der Waals surface area contributed by atoms with Crippen LogP contribution >= 0.6 is 0 Å². The Morgan fingerprint density at radius 3 is 1.22 bits per heavy atom. The highest BCUT2D eigenvalue weighted by atomic mass is 15.1. The van der Waals surface area contributed by atoms with E-state index in [-0.39, 0.29) is 0 Å². The molecule has 0 aliphatic rings. The Morgan fingerprint density at radius 1 is 0.224 bits per heavy atom. The van der Waals surface area contributed by atoms with Crippen LogP contribution in [-0.4, -0.2) is 33.2 Å². The van der Waals surface area contributed by atoms with Gasteiger partial charge in [0.1, 0.15) is 0 Å². The Labute approximate surface area is 436 Å². The summed E-state index contributed by atoms with van der Waals surface area (Å²) in [5.41, 5.74) is 16.1. The monoisotopic (exact) mass is 969 g/mol. The van der Waals surface area contributed by atoms with Gasteiger partial charge in [0.2, 0.25) is 0 Å². The number of fused-ring (bicyclic) bond motifs is 14. The number of benzene rings is 11. The predicted molar refractivity (Wildman–Crippen MR) is 313 cm³/mol. The number of hydrogen-bond donors (Lipinski definition) is 0. The zero-order chi connectivity index (χ0) is 49.8.